The Labute approximate surface area is 129 Å². The predicted octanol–water partition coefficient (Wildman–Crippen LogP) is 2.38. The Balaban J connectivity index is 2.04. The van der Waals surface area contributed by atoms with Crippen LogP contribution in [0.4, 0.5) is 0 Å². The number of nitrogens with one attached hydrogen (secondary N) is 1. The molecule has 5 heteroatoms. The molecular weight excluding hydrogens is 286 g/mol. The molecule has 4 nitrogen and oxygen atoms in total. The van der Waals surface area contributed by atoms with E-state index in [0.717, 1.165) is 58.3 Å². The van der Waals surface area contributed by atoms with E-state index in [4.69, 9.17) is 4.74 Å². The minimum atomic E-state index is -2.90. The van der Waals surface area contributed by atoms with E-state index in [-0.39, 0.29) is 5.25 Å². The van der Waals surface area contributed by atoms with E-state index >= 15 is 0 Å². The van der Waals surface area contributed by atoms with Crippen LogP contribution < -0.4 is 5.32 Å². The minimum absolute atomic E-state index is 0.123. The van der Waals surface area contributed by atoms with Gasteiger partial charge in [0.1, 0.15) is 9.84 Å². The van der Waals surface area contributed by atoms with Crippen molar-refractivity contribution in [2.24, 2.45) is 11.8 Å². The van der Waals surface area contributed by atoms with Gasteiger partial charge in [-0.1, -0.05) is 13.3 Å². The molecule has 1 N–H and O–H groups in total. The minimum Gasteiger partial charge on any atom is -0.381 e. The lowest BCUT2D eigenvalue weighted by Crippen LogP contribution is -2.47. The summed E-state index contributed by atoms with van der Waals surface area (Å²) in [5, 5.41) is 3.61. The maximum Gasteiger partial charge on any atom is 0.150 e. The second kappa shape index (κ2) is 7.93. The zero-order valence-electron chi connectivity index (χ0n) is 13.5. The van der Waals surface area contributed by atoms with Crippen LogP contribution in [0.5, 0.6) is 0 Å². The fourth-order valence-corrected chi connectivity index (χ4v) is 5.19. The first-order valence-electron chi connectivity index (χ1n) is 8.52. The van der Waals surface area contributed by atoms with Crippen molar-refractivity contribution in [1.82, 2.24) is 5.32 Å². The first-order chi connectivity index (χ1) is 10.0. The molecule has 1 aliphatic carbocycles. The van der Waals surface area contributed by atoms with Crippen molar-refractivity contribution in [3.05, 3.63) is 0 Å². The lowest BCUT2D eigenvalue weighted by atomic mass is 9.76. The summed E-state index contributed by atoms with van der Waals surface area (Å²) >= 11 is 0. The molecule has 0 radical (unpaired) electrons. The molecule has 2 rings (SSSR count). The molecule has 0 amide bonds. The Hall–Kier alpha value is -0.130. The van der Waals surface area contributed by atoms with Crippen molar-refractivity contribution in [2.75, 3.05) is 26.0 Å². The predicted molar refractivity (Wildman–Crippen MR) is 86.2 cm³/mol. The van der Waals surface area contributed by atoms with Crippen LogP contribution in [0.1, 0.15) is 51.9 Å². The van der Waals surface area contributed by atoms with Gasteiger partial charge in [0.15, 0.2) is 0 Å². The third-order valence-corrected chi connectivity index (χ3v) is 6.82. The maximum atomic E-state index is 11.9. The van der Waals surface area contributed by atoms with Gasteiger partial charge in [0.25, 0.3) is 0 Å². The Bertz CT molecular complexity index is 404. The SMILES string of the molecule is CCCNC(C1CCOCC1)C1CCCC(S(C)(=O)=O)C1. The first kappa shape index (κ1) is 17.2. The van der Waals surface area contributed by atoms with Crippen molar-refractivity contribution in [3.8, 4) is 0 Å². The molecule has 2 aliphatic rings. The van der Waals surface area contributed by atoms with Crippen molar-refractivity contribution in [3.63, 3.8) is 0 Å². The Morgan fingerprint density at radius 3 is 2.48 bits per heavy atom. The van der Waals surface area contributed by atoms with Gasteiger partial charge in [0.05, 0.1) is 5.25 Å². The molecule has 0 bridgehead atoms. The Kier molecular flexibility index (Phi) is 6.51. The van der Waals surface area contributed by atoms with E-state index in [9.17, 15) is 8.42 Å². The summed E-state index contributed by atoms with van der Waals surface area (Å²) in [5.74, 6) is 1.15. The number of rotatable bonds is 6. The van der Waals surface area contributed by atoms with Crippen LogP contribution in [-0.2, 0) is 14.6 Å². The molecule has 2 fully saturated rings. The smallest absolute Gasteiger partial charge is 0.150 e. The van der Waals surface area contributed by atoms with Gasteiger partial charge in [-0.2, -0.15) is 0 Å². The Morgan fingerprint density at radius 1 is 1.14 bits per heavy atom. The van der Waals surface area contributed by atoms with Gasteiger partial charge in [-0.25, -0.2) is 8.42 Å². The Morgan fingerprint density at radius 2 is 1.86 bits per heavy atom. The standard InChI is InChI=1S/C16H31NO3S/c1-3-9-17-16(13-7-10-20-11-8-13)14-5-4-6-15(12-14)21(2,18)19/h13-17H,3-12H2,1-2H3. The molecule has 0 spiro atoms. The highest BCUT2D eigenvalue weighted by Gasteiger charge is 2.36. The van der Waals surface area contributed by atoms with Crippen LogP contribution in [-0.4, -0.2) is 45.7 Å². The normalized spacial score (nSPS) is 30.2. The molecule has 0 aromatic heterocycles. The molecular formula is C16H31NO3S. The fourth-order valence-electron chi connectivity index (χ4n) is 4.00. The highest BCUT2D eigenvalue weighted by Crippen LogP contribution is 2.35. The van der Waals surface area contributed by atoms with Crippen LogP contribution in [0.3, 0.4) is 0 Å². The molecule has 3 unspecified atom stereocenters. The van der Waals surface area contributed by atoms with Crippen molar-refractivity contribution in [2.45, 2.75) is 63.2 Å². The molecule has 21 heavy (non-hydrogen) atoms. The summed E-state index contributed by atoms with van der Waals surface area (Å²) < 4.78 is 29.3. The molecule has 1 heterocycles. The highest BCUT2D eigenvalue weighted by molar-refractivity contribution is 7.91. The van der Waals surface area contributed by atoms with Crippen molar-refractivity contribution in [1.29, 1.82) is 0 Å². The maximum absolute atomic E-state index is 11.9. The summed E-state index contributed by atoms with van der Waals surface area (Å²) in [6.07, 6.45) is 8.68. The second-order valence-electron chi connectivity index (χ2n) is 6.81. The molecule has 124 valence electrons. The zero-order valence-corrected chi connectivity index (χ0v) is 14.3. The second-order valence-corrected chi connectivity index (χ2v) is 9.13. The first-order valence-corrected chi connectivity index (χ1v) is 10.5. The van der Waals surface area contributed by atoms with Crippen LogP contribution in [0.15, 0.2) is 0 Å². The van der Waals surface area contributed by atoms with Gasteiger partial charge in [-0.15, -0.1) is 0 Å². The molecule has 3 atom stereocenters. The summed E-state index contributed by atoms with van der Waals surface area (Å²) in [5.41, 5.74) is 0. The summed E-state index contributed by atoms with van der Waals surface area (Å²) in [7, 11) is -2.90. The number of hydrogen-bond acceptors (Lipinski definition) is 4. The van der Waals surface area contributed by atoms with Crippen LogP contribution >= 0.6 is 0 Å². The summed E-state index contributed by atoms with van der Waals surface area (Å²) in [6.45, 7) is 4.94. The van der Waals surface area contributed by atoms with E-state index in [1.54, 1.807) is 0 Å². The molecule has 1 aliphatic heterocycles. The van der Waals surface area contributed by atoms with Crippen LogP contribution in [0.25, 0.3) is 0 Å². The zero-order chi connectivity index (χ0) is 15.3. The third-order valence-electron chi connectivity index (χ3n) is 5.18. The van der Waals surface area contributed by atoms with Crippen LogP contribution in [0.2, 0.25) is 0 Å². The largest absolute Gasteiger partial charge is 0.381 e. The van der Waals surface area contributed by atoms with Crippen molar-refractivity contribution >= 4 is 9.84 Å². The van der Waals surface area contributed by atoms with E-state index < -0.39 is 9.84 Å². The van der Waals surface area contributed by atoms with Gasteiger partial charge in [0.2, 0.25) is 0 Å². The monoisotopic (exact) mass is 317 g/mol. The van der Waals surface area contributed by atoms with Gasteiger partial charge >= 0.3 is 0 Å². The molecule has 1 saturated carbocycles. The van der Waals surface area contributed by atoms with Gasteiger partial charge in [-0.3, -0.25) is 0 Å². The van der Waals surface area contributed by atoms with Gasteiger partial charge in [0, 0.05) is 25.5 Å². The summed E-state index contributed by atoms with van der Waals surface area (Å²) in [6, 6.07) is 0.471. The van der Waals surface area contributed by atoms with Crippen LogP contribution in [0, 0.1) is 11.8 Å². The van der Waals surface area contributed by atoms with E-state index in [1.807, 2.05) is 0 Å². The van der Waals surface area contributed by atoms with Gasteiger partial charge < -0.3 is 10.1 Å². The summed E-state index contributed by atoms with van der Waals surface area (Å²) in [4.78, 5) is 0. The highest BCUT2D eigenvalue weighted by atomic mass is 32.2. The van der Waals surface area contributed by atoms with Gasteiger partial charge in [-0.05, 0) is 56.9 Å². The average molecular weight is 317 g/mol. The molecule has 0 aromatic rings. The third kappa shape index (κ3) is 4.93. The average Bonchev–Trinajstić information content (AvgIpc) is 2.48. The lowest BCUT2D eigenvalue weighted by molar-refractivity contribution is 0.0406. The fraction of sp³-hybridized carbons (Fsp3) is 1.00. The number of sulfone groups is 1. The molecule has 1 saturated heterocycles. The van der Waals surface area contributed by atoms with Crippen molar-refractivity contribution < 1.29 is 13.2 Å². The van der Waals surface area contributed by atoms with E-state index in [2.05, 4.69) is 12.2 Å². The molecule has 0 aromatic carbocycles. The van der Waals surface area contributed by atoms with E-state index in [1.165, 1.54) is 12.7 Å². The lowest BCUT2D eigenvalue weighted by Gasteiger charge is -2.40. The van der Waals surface area contributed by atoms with E-state index in [0.29, 0.717) is 17.9 Å². The topological polar surface area (TPSA) is 55.4 Å². The number of ether oxygens (including phenoxy) is 1. The number of hydrogen-bond donors (Lipinski definition) is 1. The quantitative estimate of drug-likeness (QED) is 0.817.